The maximum Gasteiger partial charge on any atom is 0.385 e. The van der Waals surface area contributed by atoms with Crippen molar-refractivity contribution in [1.82, 2.24) is 0 Å². The number of rotatable bonds is 0. The molecular weight excluding hydrogens is 200 g/mol. The van der Waals surface area contributed by atoms with Crippen LogP contribution in [0.25, 0.3) is 0 Å². The van der Waals surface area contributed by atoms with E-state index in [1.54, 1.807) is 0 Å². The van der Waals surface area contributed by atoms with Crippen molar-refractivity contribution in [3.8, 4) is 11.8 Å². The van der Waals surface area contributed by atoms with E-state index in [0.29, 0.717) is 0 Å². The zero-order chi connectivity index (χ0) is 12.2. The Morgan fingerprint density at radius 3 is 2.44 bits per heavy atom. The Morgan fingerprint density at radius 2 is 1.88 bits per heavy atom. The molecular formula is C14H16O2. The Kier molecular flexibility index (Phi) is 3.73. The lowest BCUT2D eigenvalue weighted by molar-refractivity contribution is -0.147. The van der Waals surface area contributed by atoms with Crippen LogP contribution in [0.3, 0.4) is 0 Å². The van der Waals surface area contributed by atoms with Gasteiger partial charge in [-0.05, 0) is 39.3 Å². The van der Waals surface area contributed by atoms with E-state index in [9.17, 15) is 4.79 Å². The highest BCUT2D eigenvalue weighted by Gasteiger charge is 2.14. The maximum atomic E-state index is 11.3. The topological polar surface area (TPSA) is 26.3 Å². The number of hydrogen-bond donors (Lipinski definition) is 0. The van der Waals surface area contributed by atoms with Crippen LogP contribution < -0.4 is 0 Å². The van der Waals surface area contributed by atoms with Gasteiger partial charge in [0.1, 0.15) is 5.60 Å². The van der Waals surface area contributed by atoms with E-state index < -0.39 is 11.6 Å². The number of aryl methyl sites for hydroxylation is 1. The molecule has 0 N–H and O–H groups in total. The molecule has 0 aliphatic rings. The summed E-state index contributed by atoms with van der Waals surface area (Å²) >= 11 is 0. The molecule has 1 aromatic carbocycles. The third-order valence-electron chi connectivity index (χ3n) is 1.84. The summed E-state index contributed by atoms with van der Waals surface area (Å²) in [6, 6.07) is 7.67. The van der Waals surface area contributed by atoms with Crippen LogP contribution in [0.15, 0.2) is 24.3 Å². The number of carbonyl (C=O) groups excluding carboxylic acids is 1. The van der Waals surface area contributed by atoms with E-state index in [-0.39, 0.29) is 0 Å². The first-order valence-electron chi connectivity index (χ1n) is 5.19. The molecule has 0 saturated carbocycles. The second-order valence-electron chi connectivity index (χ2n) is 4.57. The summed E-state index contributed by atoms with van der Waals surface area (Å²) in [5, 5.41) is 0. The third kappa shape index (κ3) is 4.18. The molecule has 0 bridgehead atoms. The van der Waals surface area contributed by atoms with Crippen LogP contribution in [0, 0.1) is 18.8 Å². The monoisotopic (exact) mass is 216 g/mol. The normalized spacial score (nSPS) is 10.2. The van der Waals surface area contributed by atoms with Gasteiger partial charge in [0.2, 0.25) is 0 Å². The molecule has 0 heterocycles. The smallest absolute Gasteiger partial charge is 0.385 e. The molecule has 2 nitrogen and oxygen atoms in total. The largest absolute Gasteiger partial charge is 0.450 e. The van der Waals surface area contributed by atoms with Crippen molar-refractivity contribution in [3.05, 3.63) is 35.4 Å². The van der Waals surface area contributed by atoms with Crippen LogP contribution in [0.5, 0.6) is 0 Å². The number of benzene rings is 1. The fourth-order valence-corrected chi connectivity index (χ4v) is 1.14. The summed E-state index contributed by atoms with van der Waals surface area (Å²) in [5.74, 6) is 4.81. The van der Waals surface area contributed by atoms with E-state index in [1.807, 2.05) is 52.0 Å². The quantitative estimate of drug-likeness (QED) is 0.492. The van der Waals surface area contributed by atoms with Gasteiger partial charge in [-0.25, -0.2) is 4.79 Å². The highest BCUT2D eigenvalue weighted by molar-refractivity contribution is 5.89. The molecule has 0 saturated heterocycles. The van der Waals surface area contributed by atoms with Gasteiger partial charge in [-0.2, -0.15) is 0 Å². The lowest BCUT2D eigenvalue weighted by Crippen LogP contribution is -2.22. The fraction of sp³-hybridized carbons (Fsp3) is 0.357. The molecule has 0 aliphatic heterocycles. The minimum atomic E-state index is -0.490. The van der Waals surface area contributed by atoms with Gasteiger partial charge in [-0.3, -0.25) is 0 Å². The van der Waals surface area contributed by atoms with Crippen molar-refractivity contribution in [2.75, 3.05) is 0 Å². The summed E-state index contributed by atoms with van der Waals surface area (Å²) < 4.78 is 5.09. The molecule has 2 heteroatoms. The highest BCUT2D eigenvalue weighted by Crippen LogP contribution is 2.07. The van der Waals surface area contributed by atoms with Crippen LogP contribution in [-0.2, 0) is 9.53 Å². The second-order valence-corrected chi connectivity index (χ2v) is 4.57. The Morgan fingerprint density at radius 1 is 1.25 bits per heavy atom. The predicted molar refractivity (Wildman–Crippen MR) is 63.9 cm³/mol. The van der Waals surface area contributed by atoms with Crippen LogP contribution in [0.1, 0.15) is 31.9 Å². The van der Waals surface area contributed by atoms with Gasteiger partial charge in [0, 0.05) is 11.5 Å². The van der Waals surface area contributed by atoms with Crippen molar-refractivity contribution < 1.29 is 9.53 Å². The number of esters is 1. The average Bonchev–Trinajstić information content (AvgIpc) is 2.14. The molecule has 16 heavy (non-hydrogen) atoms. The molecule has 1 rings (SSSR count). The number of carbonyl (C=O) groups is 1. The maximum absolute atomic E-state index is 11.3. The van der Waals surface area contributed by atoms with Gasteiger partial charge in [0.15, 0.2) is 0 Å². The second kappa shape index (κ2) is 4.85. The van der Waals surface area contributed by atoms with Crippen LogP contribution in [-0.4, -0.2) is 11.6 Å². The molecule has 0 unspecified atom stereocenters. The van der Waals surface area contributed by atoms with Crippen LogP contribution in [0.2, 0.25) is 0 Å². The van der Waals surface area contributed by atoms with Crippen molar-refractivity contribution in [3.63, 3.8) is 0 Å². The molecule has 84 valence electrons. The van der Waals surface area contributed by atoms with Gasteiger partial charge in [-0.1, -0.05) is 24.1 Å². The summed E-state index contributed by atoms with van der Waals surface area (Å²) in [5.41, 5.74) is 1.42. The minimum absolute atomic E-state index is 0.489. The van der Waals surface area contributed by atoms with Crippen molar-refractivity contribution in [2.24, 2.45) is 0 Å². The zero-order valence-electron chi connectivity index (χ0n) is 10.1. The Balaban J connectivity index is 2.76. The summed E-state index contributed by atoms with van der Waals surface area (Å²) in [7, 11) is 0. The van der Waals surface area contributed by atoms with Crippen LogP contribution in [0.4, 0.5) is 0 Å². The summed E-state index contributed by atoms with van der Waals surface area (Å²) in [4.78, 5) is 11.3. The molecule has 0 aromatic heterocycles. The van der Waals surface area contributed by atoms with Crippen molar-refractivity contribution >= 4 is 5.97 Å². The van der Waals surface area contributed by atoms with Crippen molar-refractivity contribution in [1.29, 1.82) is 0 Å². The van der Waals surface area contributed by atoms with Gasteiger partial charge < -0.3 is 4.74 Å². The molecule has 0 aliphatic carbocycles. The number of ether oxygens (including phenoxy) is 1. The first-order chi connectivity index (χ1) is 7.38. The SMILES string of the molecule is Cc1ccccc1C#CC(=O)OC(C)(C)C. The van der Waals surface area contributed by atoms with Gasteiger partial charge in [0.25, 0.3) is 0 Å². The molecule has 0 amide bonds. The summed E-state index contributed by atoms with van der Waals surface area (Å²) in [6.45, 7) is 7.42. The summed E-state index contributed by atoms with van der Waals surface area (Å²) in [6.07, 6.45) is 0. The molecule has 1 aromatic rings. The minimum Gasteiger partial charge on any atom is -0.450 e. The predicted octanol–water partition coefficient (Wildman–Crippen LogP) is 2.69. The molecule has 0 spiro atoms. The molecule has 0 radical (unpaired) electrons. The first-order valence-corrected chi connectivity index (χ1v) is 5.19. The molecule has 0 fully saturated rings. The third-order valence-corrected chi connectivity index (χ3v) is 1.84. The highest BCUT2D eigenvalue weighted by atomic mass is 16.6. The zero-order valence-corrected chi connectivity index (χ0v) is 10.1. The van der Waals surface area contributed by atoms with E-state index >= 15 is 0 Å². The van der Waals surface area contributed by atoms with Crippen molar-refractivity contribution in [2.45, 2.75) is 33.3 Å². The number of hydrogen-bond acceptors (Lipinski definition) is 2. The van der Waals surface area contributed by atoms with Gasteiger partial charge >= 0.3 is 5.97 Å². The lowest BCUT2D eigenvalue weighted by atomic mass is 10.1. The Labute approximate surface area is 96.6 Å². The average molecular weight is 216 g/mol. The lowest BCUT2D eigenvalue weighted by Gasteiger charge is -2.16. The van der Waals surface area contributed by atoms with Gasteiger partial charge in [-0.15, -0.1) is 0 Å². The fourth-order valence-electron chi connectivity index (χ4n) is 1.14. The van der Waals surface area contributed by atoms with E-state index in [4.69, 9.17) is 4.74 Å². The molecule has 0 atom stereocenters. The Hall–Kier alpha value is -1.75. The Bertz CT molecular complexity index is 442. The van der Waals surface area contributed by atoms with E-state index in [1.165, 1.54) is 0 Å². The van der Waals surface area contributed by atoms with E-state index in [2.05, 4.69) is 11.8 Å². The van der Waals surface area contributed by atoms with E-state index in [0.717, 1.165) is 11.1 Å². The first kappa shape index (κ1) is 12.3. The van der Waals surface area contributed by atoms with Crippen LogP contribution >= 0.6 is 0 Å². The standard InChI is InChI=1S/C14H16O2/c1-11-7-5-6-8-12(11)9-10-13(15)16-14(2,3)4/h5-8H,1-4H3. The van der Waals surface area contributed by atoms with Gasteiger partial charge in [0.05, 0.1) is 0 Å².